The summed E-state index contributed by atoms with van der Waals surface area (Å²) >= 11 is 0. The average Bonchev–Trinajstić information content (AvgIpc) is 2.05. The van der Waals surface area contributed by atoms with Gasteiger partial charge in [-0.1, -0.05) is 13.8 Å². The Kier molecular flexibility index (Phi) is 4.94. The summed E-state index contributed by atoms with van der Waals surface area (Å²) in [7, 11) is 0. The quantitative estimate of drug-likeness (QED) is 0.469. The molecule has 0 aliphatic carbocycles. The number of nitro groups is 2. The Bertz CT molecular complexity index is 175. The third-order valence-corrected chi connectivity index (χ3v) is 2.08. The van der Waals surface area contributed by atoms with Crippen LogP contribution in [0.3, 0.4) is 0 Å². The van der Waals surface area contributed by atoms with Crippen LogP contribution in [0.2, 0.25) is 0 Å². The van der Waals surface area contributed by atoms with Crippen LogP contribution in [-0.4, -0.2) is 21.9 Å². The van der Waals surface area contributed by atoms with Crippen molar-refractivity contribution in [3.63, 3.8) is 0 Å². The summed E-state index contributed by atoms with van der Waals surface area (Å²) in [6, 6.07) is -1.56. The van der Waals surface area contributed by atoms with Crippen molar-refractivity contribution in [3.05, 3.63) is 20.2 Å². The second-order valence-corrected chi connectivity index (χ2v) is 2.93. The SMILES string of the molecule is CCC(CC(CC)[N+](=O)[O-])[N+](=O)[O-]. The van der Waals surface area contributed by atoms with E-state index >= 15 is 0 Å². The zero-order valence-corrected chi connectivity index (χ0v) is 7.80. The lowest BCUT2D eigenvalue weighted by Crippen LogP contribution is -2.29. The zero-order chi connectivity index (χ0) is 10.4. The summed E-state index contributed by atoms with van der Waals surface area (Å²) in [5.41, 5.74) is 0. The highest BCUT2D eigenvalue weighted by Crippen LogP contribution is 2.10. The summed E-state index contributed by atoms with van der Waals surface area (Å²) in [6.07, 6.45) is 0.724. The Labute approximate surface area is 76.2 Å². The van der Waals surface area contributed by atoms with Crippen molar-refractivity contribution in [2.75, 3.05) is 0 Å². The van der Waals surface area contributed by atoms with Crippen LogP contribution in [0, 0.1) is 20.2 Å². The normalized spacial score (nSPS) is 14.9. The Morgan fingerprint density at radius 3 is 1.46 bits per heavy atom. The summed E-state index contributed by atoms with van der Waals surface area (Å²) in [5.74, 6) is 0. The Balaban J connectivity index is 4.19. The molecule has 0 aliphatic heterocycles. The first-order valence-corrected chi connectivity index (χ1v) is 4.29. The van der Waals surface area contributed by atoms with Crippen molar-refractivity contribution >= 4 is 0 Å². The number of hydrogen-bond donors (Lipinski definition) is 0. The predicted molar refractivity (Wildman–Crippen MR) is 46.8 cm³/mol. The van der Waals surface area contributed by atoms with Crippen LogP contribution in [0.15, 0.2) is 0 Å². The van der Waals surface area contributed by atoms with E-state index in [1.807, 2.05) is 0 Å². The van der Waals surface area contributed by atoms with Gasteiger partial charge >= 0.3 is 0 Å². The van der Waals surface area contributed by atoms with Crippen molar-refractivity contribution in [2.45, 2.75) is 45.2 Å². The Morgan fingerprint density at radius 1 is 1.00 bits per heavy atom. The molecule has 0 N–H and O–H groups in total. The van der Waals surface area contributed by atoms with Gasteiger partial charge in [0.1, 0.15) is 0 Å². The van der Waals surface area contributed by atoms with E-state index in [-0.39, 0.29) is 6.42 Å². The summed E-state index contributed by atoms with van der Waals surface area (Å²) < 4.78 is 0. The third kappa shape index (κ3) is 3.82. The molecule has 76 valence electrons. The molecule has 6 nitrogen and oxygen atoms in total. The van der Waals surface area contributed by atoms with E-state index in [4.69, 9.17) is 0 Å². The van der Waals surface area contributed by atoms with Crippen molar-refractivity contribution < 1.29 is 9.85 Å². The van der Waals surface area contributed by atoms with Crippen LogP contribution in [0.5, 0.6) is 0 Å². The van der Waals surface area contributed by atoms with Crippen molar-refractivity contribution in [1.82, 2.24) is 0 Å². The fourth-order valence-corrected chi connectivity index (χ4v) is 1.12. The second kappa shape index (κ2) is 5.45. The van der Waals surface area contributed by atoms with Crippen LogP contribution in [-0.2, 0) is 0 Å². The van der Waals surface area contributed by atoms with Gasteiger partial charge in [0.2, 0.25) is 12.1 Å². The zero-order valence-electron chi connectivity index (χ0n) is 7.80. The molecule has 0 aliphatic rings. The molecule has 0 aromatic rings. The van der Waals surface area contributed by atoms with E-state index in [1.54, 1.807) is 13.8 Å². The summed E-state index contributed by atoms with van der Waals surface area (Å²) in [5, 5.41) is 20.8. The van der Waals surface area contributed by atoms with Gasteiger partial charge in [-0.3, -0.25) is 20.2 Å². The molecule has 0 saturated heterocycles. The Hall–Kier alpha value is -1.20. The predicted octanol–water partition coefficient (Wildman–Crippen LogP) is 1.49. The van der Waals surface area contributed by atoms with Crippen LogP contribution in [0.4, 0.5) is 0 Å². The minimum Gasteiger partial charge on any atom is -0.264 e. The lowest BCUT2D eigenvalue weighted by Gasteiger charge is -2.09. The number of rotatable bonds is 6. The molecule has 0 saturated carbocycles. The number of hydrogen-bond acceptors (Lipinski definition) is 4. The first kappa shape index (κ1) is 11.8. The van der Waals surface area contributed by atoms with Gasteiger partial charge in [-0.2, -0.15) is 0 Å². The minimum absolute atomic E-state index is 0.0347. The first-order chi connectivity index (χ1) is 6.02. The molecule has 0 spiro atoms. The monoisotopic (exact) mass is 190 g/mol. The largest absolute Gasteiger partial charge is 0.264 e. The molecule has 0 rings (SSSR count). The molecular formula is C7H14N2O4. The third-order valence-electron chi connectivity index (χ3n) is 2.08. The number of nitrogens with zero attached hydrogens (tertiary/aromatic N) is 2. The van der Waals surface area contributed by atoms with Gasteiger partial charge in [0, 0.05) is 22.7 Å². The molecule has 0 heterocycles. The molecule has 0 bridgehead atoms. The standard InChI is InChI=1S/C7H14N2O4/c1-3-6(8(10)11)5-7(4-2)9(12)13/h6-7H,3-5H2,1-2H3. The highest BCUT2D eigenvalue weighted by Gasteiger charge is 2.28. The Morgan fingerprint density at radius 2 is 1.31 bits per heavy atom. The maximum atomic E-state index is 10.4. The van der Waals surface area contributed by atoms with Gasteiger partial charge in [-0.15, -0.1) is 0 Å². The molecular weight excluding hydrogens is 176 g/mol. The van der Waals surface area contributed by atoms with Crippen molar-refractivity contribution in [1.29, 1.82) is 0 Å². The second-order valence-electron chi connectivity index (χ2n) is 2.93. The highest BCUT2D eigenvalue weighted by molar-refractivity contribution is 4.62. The maximum Gasteiger partial charge on any atom is 0.219 e. The van der Waals surface area contributed by atoms with Crippen LogP contribution < -0.4 is 0 Å². The van der Waals surface area contributed by atoms with Gasteiger partial charge < -0.3 is 0 Å². The fraction of sp³-hybridized carbons (Fsp3) is 1.00. The van der Waals surface area contributed by atoms with E-state index in [2.05, 4.69) is 0 Å². The van der Waals surface area contributed by atoms with E-state index in [1.165, 1.54) is 0 Å². The maximum absolute atomic E-state index is 10.4. The minimum atomic E-state index is -0.782. The van der Waals surface area contributed by atoms with Crippen molar-refractivity contribution in [3.8, 4) is 0 Å². The van der Waals surface area contributed by atoms with Gasteiger partial charge in [0.05, 0.1) is 6.42 Å². The van der Waals surface area contributed by atoms with Gasteiger partial charge in [0.25, 0.3) is 0 Å². The lowest BCUT2D eigenvalue weighted by atomic mass is 10.0. The molecule has 0 aromatic carbocycles. The average molecular weight is 190 g/mol. The van der Waals surface area contributed by atoms with Crippen LogP contribution in [0.1, 0.15) is 33.1 Å². The van der Waals surface area contributed by atoms with E-state index in [0.29, 0.717) is 12.8 Å². The van der Waals surface area contributed by atoms with Gasteiger partial charge in [-0.25, -0.2) is 0 Å². The van der Waals surface area contributed by atoms with Crippen LogP contribution in [0.25, 0.3) is 0 Å². The fourth-order valence-electron chi connectivity index (χ4n) is 1.12. The lowest BCUT2D eigenvalue weighted by molar-refractivity contribution is -0.560. The molecule has 0 radical (unpaired) electrons. The van der Waals surface area contributed by atoms with E-state index < -0.39 is 21.9 Å². The van der Waals surface area contributed by atoms with Gasteiger partial charge in [0.15, 0.2) is 0 Å². The van der Waals surface area contributed by atoms with Crippen molar-refractivity contribution in [2.24, 2.45) is 0 Å². The molecule has 0 aromatic heterocycles. The highest BCUT2D eigenvalue weighted by atomic mass is 16.6. The molecule has 13 heavy (non-hydrogen) atoms. The molecule has 2 unspecified atom stereocenters. The summed E-state index contributed by atoms with van der Waals surface area (Å²) in [6.45, 7) is 3.33. The molecule has 6 heteroatoms. The topological polar surface area (TPSA) is 86.3 Å². The molecule has 2 atom stereocenters. The van der Waals surface area contributed by atoms with Crippen LogP contribution >= 0.6 is 0 Å². The smallest absolute Gasteiger partial charge is 0.219 e. The summed E-state index contributed by atoms with van der Waals surface area (Å²) in [4.78, 5) is 19.9. The first-order valence-electron chi connectivity index (χ1n) is 4.29. The molecule has 0 fully saturated rings. The van der Waals surface area contributed by atoms with Gasteiger partial charge in [-0.05, 0) is 0 Å². The van der Waals surface area contributed by atoms with E-state index in [0.717, 1.165) is 0 Å². The molecule has 0 amide bonds. The van der Waals surface area contributed by atoms with E-state index in [9.17, 15) is 20.2 Å².